The lowest BCUT2D eigenvalue weighted by molar-refractivity contribution is -0.146. The normalized spacial score (nSPS) is 30.6. The van der Waals surface area contributed by atoms with E-state index in [-0.39, 0.29) is 31.2 Å². The summed E-state index contributed by atoms with van der Waals surface area (Å²) in [6.45, 7) is 11.4. The van der Waals surface area contributed by atoms with E-state index in [4.69, 9.17) is 14.5 Å². The number of hydrogen-bond acceptors (Lipinski definition) is 9. The first-order valence-electron chi connectivity index (χ1n) is 20.5. The molecule has 14 nitrogen and oxygen atoms in total. The van der Waals surface area contributed by atoms with Gasteiger partial charge in [-0.3, -0.25) is 24.0 Å². The standard InChI is InChI=1S/C42H57N5O9S/c1-7-26-21-25(2)13-8-9-14-27-23-42(27,38(50)45-57(53,54)41(6)18-19-41)44-35(48)32-22-28(24-46(32)37(49)33(26)47(39(51)52)40(3,4)5)56-36-30-16-11-10-15-29(30)34-31(43-36)17-12-20-55-34/h9-11,14-16,25-28,32-33H,7-8,12-13,17-24H2,1-6H3,(H,44,48)(H,45,50)(H,51,52)/b14-9-/t25-,26-,27-,28-,32+,33+,42-/m1/s1. The number of nitrogens with zero attached hydrogens (tertiary/aromatic N) is 3. The van der Waals surface area contributed by atoms with Gasteiger partial charge in [0.2, 0.25) is 27.7 Å². The van der Waals surface area contributed by atoms with Crippen molar-refractivity contribution in [1.82, 2.24) is 24.8 Å². The molecule has 3 N–H and O–H groups in total. The highest BCUT2D eigenvalue weighted by molar-refractivity contribution is 7.91. The zero-order chi connectivity index (χ0) is 41.1. The summed E-state index contributed by atoms with van der Waals surface area (Å²) in [6, 6.07) is 5.33. The minimum absolute atomic E-state index is 0.0260. The Morgan fingerprint density at radius 3 is 2.54 bits per heavy atom. The molecule has 5 aliphatic rings. The van der Waals surface area contributed by atoms with Crippen molar-refractivity contribution in [2.45, 2.75) is 140 Å². The first-order valence-corrected chi connectivity index (χ1v) is 22.0. The van der Waals surface area contributed by atoms with E-state index in [0.717, 1.165) is 29.3 Å². The highest BCUT2D eigenvalue weighted by Crippen LogP contribution is 2.48. The number of carbonyl (C=O) groups is 4. The van der Waals surface area contributed by atoms with Gasteiger partial charge >= 0.3 is 6.09 Å². The second kappa shape index (κ2) is 15.1. The summed E-state index contributed by atoms with van der Waals surface area (Å²) in [7, 11) is -4.02. The number of pyridine rings is 1. The number of allylic oxidation sites excluding steroid dienone is 1. The number of rotatable bonds is 7. The lowest BCUT2D eigenvalue weighted by Crippen LogP contribution is -2.62. The van der Waals surface area contributed by atoms with E-state index in [1.54, 1.807) is 27.7 Å². The number of sulfonamides is 1. The molecular weight excluding hydrogens is 751 g/mol. The van der Waals surface area contributed by atoms with Crippen LogP contribution >= 0.6 is 0 Å². The first-order chi connectivity index (χ1) is 26.9. The number of nitrogens with one attached hydrogen (secondary N) is 2. The van der Waals surface area contributed by atoms with Crippen LogP contribution in [-0.4, -0.2) is 99.3 Å². The van der Waals surface area contributed by atoms with Gasteiger partial charge in [-0.15, -0.1) is 0 Å². The number of amides is 4. The van der Waals surface area contributed by atoms with Crippen LogP contribution in [-0.2, 0) is 30.8 Å². The van der Waals surface area contributed by atoms with Gasteiger partial charge in [0.05, 0.1) is 23.6 Å². The summed E-state index contributed by atoms with van der Waals surface area (Å²) in [5.74, 6) is -1.62. The van der Waals surface area contributed by atoms with Gasteiger partial charge in [-0.1, -0.05) is 50.6 Å². The Labute approximate surface area is 335 Å². The fraction of sp³-hybridized carbons (Fsp3) is 0.643. The fourth-order valence-corrected chi connectivity index (χ4v) is 10.3. The van der Waals surface area contributed by atoms with Crippen molar-refractivity contribution >= 4 is 44.6 Å². The molecule has 7 rings (SSSR count). The van der Waals surface area contributed by atoms with Crippen molar-refractivity contribution in [1.29, 1.82) is 0 Å². The van der Waals surface area contributed by atoms with E-state index in [1.165, 1.54) is 9.80 Å². The summed E-state index contributed by atoms with van der Waals surface area (Å²) in [6.07, 6.45) is 6.94. The van der Waals surface area contributed by atoms with Gasteiger partial charge in [0.1, 0.15) is 29.5 Å². The summed E-state index contributed by atoms with van der Waals surface area (Å²) >= 11 is 0. The number of aryl methyl sites for hydroxylation is 1. The number of carbonyl (C=O) groups excluding carboxylic acids is 3. The maximum absolute atomic E-state index is 15.3. The molecule has 2 saturated carbocycles. The molecule has 2 aromatic rings. The van der Waals surface area contributed by atoms with Gasteiger partial charge in [0, 0.05) is 28.7 Å². The summed E-state index contributed by atoms with van der Waals surface area (Å²) in [5.41, 5.74) is -1.76. The largest absolute Gasteiger partial charge is 0.491 e. The Balaban J connectivity index is 1.29. The number of hydrogen-bond donors (Lipinski definition) is 3. The Morgan fingerprint density at radius 1 is 1.16 bits per heavy atom. The molecular formula is C42H57N5O9S. The van der Waals surface area contributed by atoms with Gasteiger partial charge in [-0.2, -0.15) is 0 Å². The smallest absolute Gasteiger partial charge is 0.408 e. The number of aromatic nitrogens is 1. The van der Waals surface area contributed by atoms with E-state index < -0.39 is 73.8 Å². The number of fused-ring (bicyclic) bond motifs is 5. The van der Waals surface area contributed by atoms with Crippen LogP contribution in [0.3, 0.4) is 0 Å². The molecule has 3 fully saturated rings. The van der Waals surface area contributed by atoms with Gasteiger partial charge in [0.25, 0.3) is 5.91 Å². The summed E-state index contributed by atoms with van der Waals surface area (Å²) in [5, 5.41) is 15.2. The quantitative estimate of drug-likeness (QED) is 0.309. The van der Waals surface area contributed by atoms with Crippen LogP contribution in [0.1, 0.15) is 105 Å². The molecule has 4 amide bonds. The maximum atomic E-state index is 15.3. The van der Waals surface area contributed by atoms with Crippen LogP contribution in [0.5, 0.6) is 11.6 Å². The predicted octanol–water partition coefficient (Wildman–Crippen LogP) is 5.33. The lowest BCUT2D eigenvalue weighted by Gasteiger charge is -2.44. The summed E-state index contributed by atoms with van der Waals surface area (Å²) in [4.78, 5) is 64.7. The predicted molar refractivity (Wildman–Crippen MR) is 213 cm³/mol. The molecule has 1 aromatic heterocycles. The van der Waals surface area contributed by atoms with E-state index in [1.807, 2.05) is 43.3 Å². The van der Waals surface area contributed by atoms with E-state index in [2.05, 4.69) is 17.0 Å². The fourth-order valence-electron chi connectivity index (χ4n) is 9.00. The molecule has 1 aromatic carbocycles. The molecule has 0 radical (unpaired) electrons. The maximum Gasteiger partial charge on any atom is 0.408 e. The summed E-state index contributed by atoms with van der Waals surface area (Å²) < 4.78 is 40.4. The van der Waals surface area contributed by atoms with Crippen LogP contribution in [0.25, 0.3) is 10.8 Å². The molecule has 1 saturated heterocycles. The van der Waals surface area contributed by atoms with Gasteiger partial charge < -0.3 is 24.8 Å². The minimum Gasteiger partial charge on any atom is -0.491 e. The second-order valence-electron chi connectivity index (χ2n) is 18.1. The van der Waals surface area contributed by atoms with Gasteiger partial charge in [-0.05, 0) is 97.0 Å². The van der Waals surface area contributed by atoms with Gasteiger partial charge in [-0.25, -0.2) is 18.2 Å². The Bertz CT molecular complexity index is 2080. The third-order valence-electron chi connectivity index (χ3n) is 12.8. The molecule has 57 heavy (non-hydrogen) atoms. The number of benzene rings is 1. The number of carboxylic acid groups (broad SMARTS) is 1. The highest BCUT2D eigenvalue weighted by Gasteiger charge is 2.63. The van der Waals surface area contributed by atoms with Crippen LogP contribution in [0.15, 0.2) is 36.4 Å². The third-order valence-corrected chi connectivity index (χ3v) is 14.9. The van der Waals surface area contributed by atoms with Crippen molar-refractivity contribution in [2.75, 3.05) is 13.2 Å². The first kappa shape index (κ1) is 40.8. The highest BCUT2D eigenvalue weighted by atomic mass is 32.2. The average Bonchev–Trinajstić information content (AvgIpc) is 4.03. The van der Waals surface area contributed by atoms with Crippen molar-refractivity contribution in [2.24, 2.45) is 17.8 Å². The Hall–Kier alpha value is -4.40. The Kier molecular flexibility index (Phi) is 10.8. The molecule has 0 spiro atoms. The number of ether oxygens (including phenoxy) is 2. The topological polar surface area (TPSA) is 185 Å². The molecule has 310 valence electrons. The second-order valence-corrected chi connectivity index (χ2v) is 20.3. The monoisotopic (exact) mass is 807 g/mol. The molecule has 0 unspecified atom stereocenters. The Morgan fingerprint density at radius 2 is 1.88 bits per heavy atom. The van der Waals surface area contributed by atoms with Crippen molar-refractivity contribution < 1.29 is 42.2 Å². The van der Waals surface area contributed by atoms with Crippen molar-refractivity contribution in [3.63, 3.8) is 0 Å². The van der Waals surface area contributed by atoms with Crippen LogP contribution in [0, 0.1) is 17.8 Å². The van der Waals surface area contributed by atoms with Crippen molar-refractivity contribution in [3.8, 4) is 11.6 Å². The van der Waals surface area contributed by atoms with Crippen LogP contribution in [0.2, 0.25) is 0 Å². The zero-order valence-electron chi connectivity index (χ0n) is 33.9. The molecule has 15 heteroatoms. The SMILES string of the molecule is CC[C@@H]1C[C@H](C)CC/C=C\[C@@H]2C[C@@]2(C(=O)NS(=O)(=O)C2(C)CC2)NC(=O)[C@@H]2C[C@@H](Oc3nc4c(c5ccccc35)OCCC4)CN2C(=O)[C@H]1N(C(=O)O)C(C)(C)C. The molecule has 0 bridgehead atoms. The van der Waals surface area contributed by atoms with E-state index in [0.29, 0.717) is 56.8 Å². The third kappa shape index (κ3) is 7.80. The van der Waals surface area contributed by atoms with Gasteiger partial charge in [0.15, 0.2) is 0 Å². The lowest BCUT2D eigenvalue weighted by atomic mass is 9.82. The molecule has 7 atom stereocenters. The van der Waals surface area contributed by atoms with E-state index >= 15 is 4.79 Å². The van der Waals surface area contributed by atoms with Crippen molar-refractivity contribution in [3.05, 3.63) is 42.1 Å². The average molecular weight is 808 g/mol. The molecule has 4 heterocycles. The van der Waals surface area contributed by atoms with E-state index in [9.17, 15) is 27.9 Å². The molecule has 2 aliphatic carbocycles. The van der Waals surface area contributed by atoms with Crippen LogP contribution in [0.4, 0.5) is 4.79 Å². The minimum atomic E-state index is -4.02. The molecule has 3 aliphatic heterocycles. The van der Waals surface area contributed by atoms with Crippen LogP contribution < -0.4 is 19.5 Å². The zero-order valence-corrected chi connectivity index (χ0v) is 34.7.